The lowest BCUT2D eigenvalue weighted by Crippen LogP contribution is -2.33. The van der Waals surface area contributed by atoms with Crippen molar-refractivity contribution in [3.63, 3.8) is 0 Å². The van der Waals surface area contributed by atoms with Gasteiger partial charge in [-0.3, -0.25) is 0 Å². The first kappa shape index (κ1) is 17.1. The molecule has 3 N–H and O–H groups in total. The Labute approximate surface area is 122 Å². The van der Waals surface area contributed by atoms with Gasteiger partial charge in [0.15, 0.2) is 0 Å². The molecule has 20 heavy (non-hydrogen) atoms. The van der Waals surface area contributed by atoms with Gasteiger partial charge in [-0.2, -0.15) is 0 Å². The molecule has 0 amide bonds. The summed E-state index contributed by atoms with van der Waals surface area (Å²) in [5.41, 5.74) is 7.15. The molecule has 0 aliphatic carbocycles. The van der Waals surface area contributed by atoms with Crippen LogP contribution >= 0.6 is 0 Å². The van der Waals surface area contributed by atoms with Crippen molar-refractivity contribution in [1.82, 2.24) is 4.72 Å². The maximum atomic E-state index is 12.4. The summed E-state index contributed by atoms with van der Waals surface area (Å²) in [5.74, 6) is 0.573. The zero-order valence-corrected chi connectivity index (χ0v) is 13.6. The van der Waals surface area contributed by atoms with E-state index in [-0.39, 0.29) is 6.04 Å². The molecular formula is C15H26N2O2S. The molecule has 1 aromatic rings. The Balaban J connectivity index is 2.88. The average molecular weight is 298 g/mol. The predicted molar refractivity (Wildman–Crippen MR) is 82.9 cm³/mol. The van der Waals surface area contributed by atoms with Gasteiger partial charge < -0.3 is 5.73 Å². The van der Waals surface area contributed by atoms with E-state index in [0.29, 0.717) is 17.4 Å². The molecule has 0 saturated heterocycles. The van der Waals surface area contributed by atoms with Gasteiger partial charge in [0, 0.05) is 12.6 Å². The van der Waals surface area contributed by atoms with Gasteiger partial charge in [0.05, 0.1) is 4.90 Å². The average Bonchev–Trinajstić information content (AvgIpc) is 2.36. The smallest absolute Gasteiger partial charge is 0.241 e. The number of nitrogens with two attached hydrogens (primary N) is 1. The maximum Gasteiger partial charge on any atom is 0.241 e. The molecule has 0 saturated carbocycles. The molecule has 0 fully saturated rings. The number of nitrogens with one attached hydrogen (secondary N) is 1. The minimum atomic E-state index is -3.48. The second-order valence-electron chi connectivity index (χ2n) is 5.80. The monoisotopic (exact) mass is 298 g/mol. The lowest BCUT2D eigenvalue weighted by molar-refractivity contribution is 0.485. The fraction of sp³-hybridized carbons (Fsp3) is 0.600. The quantitative estimate of drug-likeness (QED) is 0.812. The van der Waals surface area contributed by atoms with Crippen LogP contribution in [0.15, 0.2) is 23.1 Å². The van der Waals surface area contributed by atoms with Crippen molar-refractivity contribution in [2.24, 2.45) is 11.7 Å². The van der Waals surface area contributed by atoms with Crippen LogP contribution in [0.4, 0.5) is 0 Å². The van der Waals surface area contributed by atoms with E-state index in [4.69, 9.17) is 5.73 Å². The highest BCUT2D eigenvalue weighted by Crippen LogP contribution is 2.18. The molecule has 0 spiro atoms. The van der Waals surface area contributed by atoms with Gasteiger partial charge in [0.1, 0.15) is 0 Å². The molecule has 0 aromatic heterocycles. The number of sulfonamides is 1. The normalized spacial score (nSPS) is 13.7. The molecule has 5 heteroatoms. The third-order valence-corrected chi connectivity index (χ3v) is 5.04. The zero-order chi connectivity index (χ0) is 15.3. The van der Waals surface area contributed by atoms with E-state index in [1.54, 1.807) is 19.1 Å². The van der Waals surface area contributed by atoms with Crippen molar-refractivity contribution in [3.05, 3.63) is 29.3 Å². The van der Waals surface area contributed by atoms with Gasteiger partial charge in [-0.1, -0.05) is 26.0 Å². The Morgan fingerprint density at radius 2 is 1.85 bits per heavy atom. The predicted octanol–water partition coefficient (Wildman–Crippen LogP) is 2.56. The molecule has 114 valence electrons. The molecule has 1 rings (SSSR count). The number of benzene rings is 1. The van der Waals surface area contributed by atoms with E-state index in [2.05, 4.69) is 18.6 Å². The van der Waals surface area contributed by atoms with Gasteiger partial charge in [0.2, 0.25) is 10.0 Å². The molecule has 0 aliphatic heterocycles. The van der Waals surface area contributed by atoms with Gasteiger partial charge in [-0.25, -0.2) is 13.1 Å². The van der Waals surface area contributed by atoms with Crippen LogP contribution in [-0.2, 0) is 16.6 Å². The van der Waals surface area contributed by atoms with Crippen molar-refractivity contribution < 1.29 is 8.42 Å². The summed E-state index contributed by atoms with van der Waals surface area (Å²) in [6.45, 7) is 8.31. The summed E-state index contributed by atoms with van der Waals surface area (Å²) in [7, 11) is -3.48. The topological polar surface area (TPSA) is 72.2 Å². The second-order valence-corrected chi connectivity index (χ2v) is 7.48. The maximum absolute atomic E-state index is 12.4. The number of hydrogen-bond donors (Lipinski definition) is 2. The first-order valence-corrected chi connectivity index (χ1v) is 8.56. The van der Waals surface area contributed by atoms with Crippen LogP contribution in [0.2, 0.25) is 0 Å². The van der Waals surface area contributed by atoms with Crippen LogP contribution in [0.5, 0.6) is 0 Å². The summed E-state index contributed by atoms with van der Waals surface area (Å²) >= 11 is 0. The van der Waals surface area contributed by atoms with Crippen molar-refractivity contribution in [2.75, 3.05) is 0 Å². The largest absolute Gasteiger partial charge is 0.326 e. The van der Waals surface area contributed by atoms with Crippen LogP contribution in [0.1, 0.15) is 44.7 Å². The first-order chi connectivity index (χ1) is 9.26. The summed E-state index contributed by atoms with van der Waals surface area (Å²) in [6.07, 6.45) is 1.85. The van der Waals surface area contributed by atoms with Crippen LogP contribution in [0.25, 0.3) is 0 Å². The van der Waals surface area contributed by atoms with Crippen LogP contribution in [-0.4, -0.2) is 14.5 Å². The molecular weight excluding hydrogens is 272 g/mol. The highest BCUT2D eigenvalue weighted by Gasteiger charge is 2.19. The molecule has 1 aromatic carbocycles. The molecule has 1 atom stereocenters. The van der Waals surface area contributed by atoms with E-state index < -0.39 is 10.0 Å². The molecule has 4 nitrogen and oxygen atoms in total. The molecule has 0 bridgehead atoms. The number of hydrogen-bond acceptors (Lipinski definition) is 3. The van der Waals surface area contributed by atoms with E-state index >= 15 is 0 Å². The van der Waals surface area contributed by atoms with Crippen molar-refractivity contribution in [1.29, 1.82) is 0 Å². The minimum Gasteiger partial charge on any atom is -0.326 e. The van der Waals surface area contributed by atoms with Crippen LogP contribution in [0, 0.1) is 12.8 Å². The molecule has 0 aliphatic rings. The van der Waals surface area contributed by atoms with Crippen molar-refractivity contribution in [3.8, 4) is 0 Å². The number of rotatable bonds is 7. The van der Waals surface area contributed by atoms with Crippen LogP contribution < -0.4 is 10.5 Å². The van der Waals surface area contributed by atoms with Gasteiger partial charge in [-0.05, 0) is 49.8 Å². The lowest BCUT2D eigenvalue weighted by atomic mass is 10.1. The van der Waals surface area contributed by atoms with E-state index in [1.165, 1.54) is 0 Å². The standard InChI is InChI=1S/C15H26N2O2S/c1-11(2)5-7-13(4)17-20(18,19)15-9-14(10-16)8-6-12(15)3/h6,8-9,11,13,17H,5,7,10,16H2,1-4H3. The van der Waals surface area contributed by atoms with Gasteiger partial charge >= 0.3 is 0 Å². The Bertz CT molecular complexity index is 539. The zero-order valence-electron chi connectivity index (χ0n) is 12.8. The Kier molecular flexibility index (Phi) is 6.17. The fourth-order valence-corrected chi connectivity index (χ4v) is 3.60. The SMILES string of the molecule is Cc1ccc(CN)cc1S(=O)(=O)NC(C)CCC(C)C. The third kappa shape index (κ3) is 4.89. The summed E-state index contributed by atoms with van der Waals surface area (Å²) in [4.78, 5) is 0.330. The summed E-state index contributed by atoms with van der Waals surface area (Å²) in [5, 5.41) is 0. The Hall–Kier alpha value is -0.910. The van der Waals surface area contributed by atoms with Gasteiger partial charge in [-0.15, -0.1) is 0 Å². The Morgan fingerprint density at radius 1 is 1.20 bits per heavy atom. The van der Waals surface area contributed by atoms with Crippen LogP contribution in [0.3, 0.4) is 0 Å². The first-order valence-electron chi connectivity index (χ1n) is 7.08. The fourth-order valence-electron chi connectivity index (χ4n) is 2.03. The lowest BCUT2D eigenvalue weighted by Gasteiger charge is -2.17. The highest BCUT2D eigenvalue weighted by molar-refractivity contribution is 7.89. The van der Waals surface area contributed by atoms with Gasteiger partial charge in [0.25, 0.3) is 0 Å². The van der Waals surface area contributed by atoms with Crippen molar-refractivity contribution >= 4 is 10.0 Å². The molecule has 0 heterocycles. The minimum absolute atomic E-state index is 0.0664. The summed E-state index contributed by atoms with van der Waals surface area (Å²) < 4.78 is 27.6. The highest BCUT2D eigenvalue weighted by atomic mass is 32.2. The molecule has 0 radical (unpaired) electrons. The van der Waals surface area contributed by atoms with E-state index in [9.17, 15) is 8.42 Å². The van der Waals surface area contributed by atoms with E-state index in [1.807, 2.05) is 13.0 Å². The van der Waals surface area contributed by atoms with Crippen molar-refractivity contribution in [2.45, 2.75) is 58.0 Å². The Morgan fingerprint density at radius 3 is 2.40 bits per heavy atom. The second kappa shape index (κ2) is 7.20. The number of aryl methyl sites for hydroxylation is 1. The summed E-state index contributed by atoms with van der Waals surface area (Å²) in [6, 6.07) is 5.25. The molecule has 1 unspecified atom stereocenters. The third-order valence-electron chi connectivity index (χ3n) is 3.31. The van der Waals surface area contributed by atoms with E-state index in [0.717, 1.165) is 24.0 Å².